The van der Waals surface area contributed by atoms with Gasteiger partial charge in [0.15, 0.2) is 12.5 Å². The number of urea groups is 1. The molecule has 2 aliphatic rings. The van der Waals surface area contributed by atoms with E-state index in [4.69, 9.17) is 4.74 Å². The monoisotopic (exact) mass is 373 g/mol. The average Bonchev–Trinajstić information content (AvgIpc) is 2.65. The smallest absolute Gasteiger partial charge is 0.446 e. The Balaban J connectivity index is 1.83. The minimum Gasteiger partial charge on any atom is -0.497 e. The number of carbonyl (C=O) groups excluding carboxylic acids is 3. The molecular formula is C18H18FN4O4+. The fourth-order valence-electron chi connectivity index (χ4n) is 2.87. The largest absolute Gasteiger partial charge is 0.497 e. The molecule has 0 saturated carbocycles. The molecule has 1 unspecified atom stereocenters. The van der Waals surface area contributed by atoms with Crippen molar-refractivity contribution in [3.05, 3.63) is 41.9 Å². The second-order valence-electron chi connectivity index (χ2n) is 5.87. The number of hydrogen-bond donors (Lipinski definition) is 1. The molecule has 0 fully saturated rings. The second kappa shape index (κ2) is 7.48. The van der Waals surface area contributed by atoms with E-state index in [-0.39, 0.29) is 11.5 Å². The highest BCUT2D eigenvalue weighted by atomic mass is 19.1. The molecule has 8 nitrogen and oxygen atoms in total. The van der Waals surface area contributed by atoms with Gasteiger partial charge in [-0.15, -0.1) is 4.99 Å². The van der Waals surface area contributed by atoms with Crippen molar-refractivity contribution in [2.24, 2.45) is 10.9 Å². The highest BCUT2D eigenvalue weighted by Crippen LogP contribution is 2.25. The quantitative estimate of drug-likeness (QED) is 0.790. The zero-order valence-electron chi connectivity index (χ0n) is 14.8. The second-order valence-corrected chi connectivity index (χ2v) is 5.87. The number of nitrogens with one attached hydrogen (secondary N) is 1. The van der Waals surface area contributed by atoms with Crippen LogP contribution in [0.15, 0.2) is 41.1 Å². The standard InChI is InChI=1S/C18H17FN4O4/c1-3-27-13-8-9-20-16-15(13)17(25)23(18(26)22(16)2)10-14(24)21-12-7-5-4-6-11(12)19/h4-9,15H,3,10H2,1-2H3/p+1. The molecule has 4 amide bonds. The van der Waals surface area contributed by atoms with Crippen molar-refractivity contribution in [3.63, 3.8) is 0 Å². The van der Waals surface area contributed by atoms with Crippen molar-refractivity contribution in [2.75, 3.05) is 25.5 Å². The number of anilines is 1. The predicted molar refractivity (Wildman–Crippen MR) is 95.0 cm³/mol. The normalized spacial score (nSPS) is 19.0. The van der Waals surface area contributed by atoms with Crippen molar-refractivity contribution in [1.29, 1.82) is 0 Å². The highest BCUT2D eigenvalue weighted by Gasteiger charge is 2.50. The van der Waals surface area contributed by atoms with Gasteiger partial charge in [-0.25, -0.2) is 9.18 Å². The third kappa shape index (κ3) is 3.48. The third-order valence-electron chi connectivity index (χ3n) is 4.12. The fourth-order valence-corrected chi connectivity index (χ4v) is 2.87. The molecule has 27 heavy (non-hydrogen) atoms. The lowest BCUT2D eigenvalue weighted by Gasteiger charge is -2.28. The van der Waals surface area contributed by atoms with Crippen LogP contribution < -0.4 is 5.32 Å². The molecule has 2 heterocycles. The molecule has 1 atom stereocenters. The molecule has 0 aromatic heterocycles. The summed E-state index contributed by atoms with van der Waals surface area (Å²) in [5.74, 6) is -2.24. The fraction of sp³-hybridized carbons (Fsp3) is 0.278. The molecule has 1 aromatic rings. The Morgan fingerprint density at radius 3 is 2.81 bits per heavy atom. The first kappa shape index (κ1) is 18.4. The van der Waals surface area contributed by atoms with Gasteiger partial charge in [-0.2, -0.15) is 9.48 Å². The van der Waals surface area contributed by atoms with E-state index in [1.807, 2.05) is 0 Å². The Labute approximate surface area is 154 Å². The molecular weight excluding hydrogens is 355 g/mol. The number of amides is 4. The van der Waals surface area contributed by atoms with Gasteiger partial charge < -0.3 is 10.1 Å². The first-order valence-electron chi connectivity index (χ1n) is 8.31. The van der Waals surface area contributed by atoms with Crippen LogP contribution in [-0.2, 0) is 14.3 Å². The molecule has 0 spiro atoms. The Morgan fingerprint density at radius 2 is 2.11 bits per heavy atom. The van der Waals surface area contributed by atoms with E-state index in [9.17, 15) is 18.8 Å². The van der Waals surface area contributed by atoms with E-state index in [2.05, 4.69) is 10.3 Å². The number of dihydropyridines is 1. The predicted octanol–water partition coefficient (Wildman–Crippen LogP) is 1.39. The Bertz CT molecular complexity index is 906. The van der Waals surface area contributed by atoms with Gasteiger partial charge >= 0.3 is 11.9 Å². The van der Waals surface area contributed by atoms with Crippen LogP contribution in [0.4, 0.5) is 14.9 Å². The number of ether oxygens (including phenoxy) is 1. The zero-order chi connectivity index (χ0) is 19.6. The SMILES string of the molecule is CCOC1=CC=NC2=[N+](C)C(=O)N(CC(=O)Nc3ccccc3F)C(=O)C12. The number of amidine groups is 1. The van der Waals surface area contributed by atoms with Gasteiger partial charge in [0.2, 0.25) is 0 Å². The lowest BCUT2D eigenvalue weighted by Crippen LogP contribution is -2.56. The maximum Gasteiger partial charge on any atom is 0.446 e. The summed E-state index contributed by atoms with van der Waals surface area (Å²) in [6, 6.07) is 4.94. The summed E-state index contributed by atoms with van der Waals surface area (Å²) in [6.07, 6.45) is 3.01. The van der Waals surface area contributed by atoms with Crippen LogP contribution in [0.1, 0.15) is 6.92 Å². The molecule has 2 aliphatic heterocycles. The van der Waals surface area contributed by atoms with Gasteiger partial charge in [0.1, 0.15) is 17.8 Å². The summed E-state index contributed by atoms with van der Waals surface area (Å²) in [4.78, 5) is 42.6. The van der Waals surface area contributed by atoms with E-state index in [1.165, 1.54) is 36.0 Å². The molecule has 1 aromatic carbocycles. The van der Waals surface area contributed by atoms with Crippen LogP contribution in [0.3, 0.4) is 0 Å². The number of rotatable bonds is 5. The Morgan fingerprint density at radius 1 is 1.37 bits per heavy atom. The van der Waals surface area contributed by atoms with Crippen molar-refractivity contribution in [1.82, 2.24) is 4.90 Å². The van der Waals surface area contributed by atoms with Gasteiger partial charge in [-0.05, 0) is 19.1 Å². The van der Waals surface area contributed by atoms with Crippen LogP contribution in [0.2, 0.25) is 0 Å². The number of imide groups is 1. The van der Waals surface area contributed by atoms with E-state index in [0.717, 1.165) is 4.90 Å². The first-order chi connectivity index (χ1) is 12.9. The van der Waals surface area contributed by atoms with Crippen molar-refractivity contribution < 1.29 is 28.1 Å². The Hall–Kier alpha value is -3.36. The maximum atomic E-state index is 13.7. The van der Waals surface area contributed by atoms with Crippen molar-refractivity contribution in [3.8, 4) is 0 Å². The number of hydrogen-bond acceptors (Lipinski definition) is 5. The molecule has 0 bridgehead atoms. The molecule has 0 aliphatic carbocycles. The summed E-state index contributed by atoms with van der Waals surface area (Å²) in [6.45, 7) is 1.56. The van der Waals surface area contributed by atoms with Crippen LogP contribution in [0.25, 0.3) is 0 Å². The molecule has 140 valence electrons. The number of carbonyl (C=O) groups is 3. The minimum absolute atomic E-state index is 0.0304. The lowest BCUT2D eigenvalue weighted by molar-refractivity contribution is -0.408. The molecule has 3 rings (SSSR count). The number of nitrogens with zero attached hydrogens (tertiary/aromatic N) is 3. The number of para-hydroxylation sites is 1. The van der Waals surface area contributed by atoms with Gasteiger partial charge in [0, 0.05) is 6.08 Å². The van der Waals surface area contributed by atoms with E-state index < -0.39 is 36.1 Å². The number of halogens is 1. The summed E-state index contributed by atoms with van der Waals surface area (Å²) in [5.41, 5.74) is -0.0304. The van der Waals surface area contributed by atoms with Crippen LogP contribution in [0.5, 0.6) is 0 Å². The van der Waals surface area contributed by atoms with Crippen molar-refractivity contribution in [2.45, 2.75) is 6.92 Å². The summed E-state index contributed by atoms with van der Waals surface area (Å²) in [5, 5.41) is 2.36. The maximum absolute atomic E-state index is 13.7. The topological polar surface area (TPSA) is 91.1 Å². The van der Waals surface area contributed by atoms with Gasteiger partial charge in [0.05, 0.1) is 19.3 Å². The molecule has 1 N–H and O–H groups in total. The van der Waals surface area contributed by atoms with Crippen LogP contribution in [0, 0.1) is 11.7 Å². The lowest BCUT2D eigenvalue weighted by atomic mass is 9.99. The minimum atomic E-state index is -0.904. The number of allylic oxidation sites excluding steroid dienone is 1. The van der Waals surface area contributed by atoms with Gasteiger partial charge in [-0.1, -0.05) is 12.1 Å². The van der Waals surface area contributed by atoms with E-state index in [0.29, 0.717) is 12.4 Å². The van der Waals surface area contributed by atoms with E-state index >= 15 is 0 Å². The summed E-state index contributed by atoms with van der Waals surface area (Å²) < 4.78 is 20.4. The number of aliphatic imine (C=N–C) groups is 1. The summed E-state index contributed by atoms with van der Waals surface area (Å²) in [7, 11) is 1.46. The van der Waals surface area contributed by atoms with Crippen molar-refractivity contribution >= 4 is 35.6 Å². The first-order valence-corrected chi connectivity index (χ1v) is 8.31. The summed E-state index contributed by atoms with van der Waals surface area (Å²) >= 11 is 0. The highest BCUT2D eigenvalue weighted by molar-refractivity contribution is 6.16. The van der Waals surface area contributed by atoms with Crippen LogP contribution in [-0.4, -0.2) is 59.6 Å². The molecule has 9 heteroatoms. The molecule has 0 saturated heterocycles. The average molecular weight is 373 g/mol. The number of benzene rings is 1. The number of fused-ring (bicyclic) bond motifs is 1. The van der Waals surface area contributed by atoms with Crippen LogP contribution >= 0.6 is 0 Å². The van der Waals surface area contributed by atoms with Gasteiger partial charge in [-0.3, -0.25) is 9.59 Å². The van der Waals surface area contributed by atoms with Gasteiger partial charge in [0.25, 0.3) is 11.7 Å². The molecule has 0 radical (unpaired) electrons. The Kier molecular flexibility index (Phi) is 5.11. The van der Waals surface area contributed by atoms with E-state index in [1.54, 1.807) is 19.1 Å². The zero-order valence-corrected chi connectivity index (χ0v) is 14.8. The third-order valence-corrected chi connectivity index (χ3v) is 4.12.